The predicted octanol–water partition coefficient (Wildman–Crippen LogP) is 1.47. The van der Waals surface area contributed by atoms with E-state index in [1.807, 2.05) is 0 Å². The third-order valence-corrected chi connectivity index (χ3v) is 3.17. The topological polar surface area (TPSA) is 83.5 Å². The number of benzene rings is 1. The van der Waals surface area contributed by atoms with Crippen LogP contribution in [0, 0.1) is 6.92 Å². The molecule has 1 aromatic rings. The van der Waals surface area contributed by atoms with Crippen LogP contribution in [0.3, 0.4) is 0 Å². The quantitative estimate of drug-likeness (QED) is 0.862. The van der Waals surface area contributed by atoms with Crippen LogP contribution in [0.2, 0.25) is 5.02 Å². The highest BCUT2D eigenvalue weighted by Gasteiger charge is 2.16. The van der Waals surface area contributed by atoms with Gasteiger partial charge in [-0.1, -0.05) is 17.7 Å². The number of hydrogen-bond acceptors (Lipinski definition) is 3. The van der Waals surface area contributed by atoms with Crippen LogP contribution in [0.5, 0.6) is 0 Å². The first-order chi connectivity index (χ1) is 7.30. The van der Waals surface area contributed by atoms with Gasteiger partial charge in [0.15, 0.2) is 5.75 Å². The molecule has 0 aliphatic carbocycles. The molecule has 1 aromatic carbocycles. The second-order valence-electron chi connectivity index (χ2n) is 3.24. The zero-order valence-corrected chi connectivity index (χ0v) is 9.97. The van der Waals surface area contributed by atoms with Gasteiger partial charge in [0.05, 0.1) is 10.7 Å². The standard InChI is InChI=1S/C9H10ClNO4S/c1-6-2-3-8(7(10)4-6)11-16(14,15)5-9(12)13/h2-4,11H,5H2,1H3,(H,12,13). The summed E-state index contributed by atoms with van der Waals surface area (Å²) >= 11 is 5.80. The molecular weight excluding hydrogens is 254 g/mol. The lowest BCUT2D eigenvalue weighted by Crippen LogP contribution is -2.22. The van der Waals surface area contributed by atoms with Crippen molar-refractivity contribution in [2.24, 2.45) is 0 Å². The van der Waals surface area contributed by atoms with E-state index in [1.54, 1.807) is 19.1 Å². The minimum atomic E-state index is -3.90. The number of halogens is 1. The van der Waals surface area contributed by atoms with Gasteiger partial charge in [0.2, 0.25) is 10.0 Å². The fraction of sp³-hybridized carbons (Fsp3) is 0.222. The van der Waals surface area contributed by atoms with Crippen molar-refractivity contribution in [3.8, 4) is 0 Å². The third-order valence-electron chi connectivity index (χ3n) is 1.70. The van der Waals surface area contributed by atoms with Gasteiger partial charge in [-0.15, -0.1) is 0 Å². The van der Waals surface area contributed by atoms with Crippen molar-refractivity contribution >= 4 is 33.3 Å². The molecule has 0 fully saturated rings. The molecule has 0 heterocycles. The van der Waals surface area contributed by atoms with Crippen molar-refractivity contribution in [2.45, 2.75) is 6.92 Å². The Bertz CT molecular complexity index is 512. The Morgan fingerprint density at radius 2 is 2.12 bits per heavy atom. The number of carbonyl (C=O) groups is 1. The SMILES string of the molecule is Cc1ccc(NS(=O)(=O)CC(=O)O)c(Cl)c1. The number of carboxylic acids is 1. The summed E-state index contributed by atoms with van der Waals surface area (Å²) in [4.78, 5) is 10.3. The second-order valence-corrected chi connectivity index (χ2v) is 5.37. The Hall–Kier alpha value is -1.27. The van der Waals surface area contributed by atoms with Gasteiger partial charge in [0.1, 0.15) is 0 Å². The first-order valence-corrected chi connectivity index (χ1v) is 6.31. The summed E-state index contributed by atoms with van der Waals surface area (Å²) in [6, 6.07) is 4.74. The van der Waals surface area contributed by atoms with E-state index >= 15 is 0 Å². The molecular formula is C9H10ClNO4S. The molecule has 0 saturated carbocycles. The van der Waals surface area contributed by atoms with Crippen LogP contribution in [0.25, 0.3) is 0 Å². The van der Waals surface area contributed by atoms with Crippen LogP contribution in [0.15, 0.2) is 18.2 Å². The highest BCUT2D eigenvalue weighted by molar-refractivity contribution is 7.93. The third kappa shape index (κ3) is 3.71. The van der Waals surface area contributed by atoms with Crippen LogP contribution < -0.4 is 4.72 Å². The number of rotatable bonds is 4. The van der Waals surface area contributed by atoms with Crippen LogP contribution in [-0.2, 0) is 14.8 Å². The largest absolute Gasteiger partial charge is 0.480 e. The summed E-state index contributed by atoms with van der Waals surface area (Å²) in [7, 11) is -3.90. The summed E-state index contributed by atoms with van der Waals surface area (Å²) in [5.74, 6) is -2.41. The van der Waals surface area contributed by atoms with Gasteiger partial charge < -0.3 is 5.11 Å². The minimum absolute atomic E-state index is 0.175. The van der Waals surface area contributed by atoms with Gasteiger partial charge in [-0.05, 0) is 24.6 Å². The average molecular weight is 264 g/mol. The number of nitrogens with one attached hydrogen (secondary N) is 1. The van der Waals surface area contributed by atoms with Crippen molar-refractivity contribution in [1.29, 1.82) is 0 Å². The highest BCUT2D eigenvalue weighted by atomic mass is 35.5. The molecule has 16 heavy (non-hydrogen) atoms. The molecule has 0 spiro atoms. The Morgan fingerprint density at radius 3 is 2.62 bits per heavy atom. The van der Waals surface area contributed by atoms with E-state index in [9.17, 15) is 13.2 Å². The molecule has 0 unspecified atom stereocenters. The van der Waals surface area contributed by atoms with Gasteiger partial charge in [-0.3, -0.25) is 9.52 Å². The maximum absolute atomic E-state index is 11.3. The molecule has 5 nitrogen and oxygen atoms in total. The van der Waals surface area contributed by atoms with Gasteiger partial charge >= 0.3 is 5.97 Å². The molecule has 2 N–H and O–H groups in total. The maximum atomic E-state index is 11.3. The zero-order valence-electron chi connectivity index (χ0n) is 8.40. The highest BCUT2D eigenvalue weighted by Crippen LogP contribution is 2.23. The first-order valence-electron chi connectivity index (χ1n) is 4.28. The van der Waals surface area contributed by atoms with E-state index in [2.05, 4.69) is 4.72 Å². The molecule has 0 bridgehead atoms. The second kappa shape index (κ2) is 4.71. The van der Waals surface area contributed by atoms with E-state index in [1.165, 1.54) is 6.07 Å². The van der Waals surface area contributed by atoms with E-state index < -0.39 is 21.7 Å². The number of carboxylic acid groups (broad SMARTS) is 1. The van der Waals surface area contributed by atoms with E-state index in [0.29, 0.717) is 0 Å². The van der Waals surface area contributed by atoms with E-state index in [-0.39, 0.29) is 10.7 Å². The lowest BCUT2D eigenvalue weighted by atomic mass is 10.2. The van der Waals surface area contributed by atoms with E-state index in [4.69, 9.17) is 16.7 Å². The molecule has 0 aliphatic heterocycles. The summed E-state index contributed by atoms with van der Waals surface area (Å²) in [5, 5.41) is 8.62. The smallest absolute Gasteiger partial charge is 0.320 e. The first kappa shape index (κ1) is 12.8. The van der Waals surface area contributed by atoms with Crippen molar-refractivity contribution in [1.82, 2.24) is 0 Å². The van der Waals surface area contributed by atoms with E-state index in [0.717, 1.165) is 5.56 Å². The number of aliphatic carboxylic acids is 1. The lowest BCUT2D eigenvalue weighted by molar-refractivity contribution is -0.134. The Balaban J connectivity index is 2.92. The van der Waals surface area contributed by atoms with Gasteiger partial charge in [-0.2, -0.15) is 0 Å². The zero-order chi connectivity index (χ0) is 12.3. The van der Waals surface area contributed by atoms with Crippen LogP contribution in [0.4, 0.5) is 5.69 Å². The number of anilines is 1. The molecule has 0 amide bonds. The Morgan fingerprint density at radius 1 is 1.50 bits per heavy atom. The predicted molar refractivity (Wildman–Crippen MR) is 61.2 cm³/mol. The summed E-state index contributed by atoms with van der Waals surface area (Å²) < 4.78 is 24.7. The maximum Gasteiger partial charge on any atom is 0.320 e. The summed E-state index contributed by atoms with van der Waals surface area (Å²) in [6.45, 7) is 1.81. The van der Waals surface area contributed by atoms with Crippen molar-refractivity contribution in [3.05, 3.63) is 28.8 Å². The molecule has 0 aliphatic rings. The van der Waals surface area contributed by atoms with Gasteiger partial charge in [0, 0.05) is 0 Å². The molecule has 0 radical (unpaired) electrons. The number of aryl methyl sites for hydroxylation is 1. The molecule has 1 rings (SSSR count). The Labute approximate surface area is 98.1 Å². The monoisotopic (exact) mass is 263 g/mol. The van der Waals surface area contributed by atoms with Crippen LogP contribution in [0.1, 0.15) is 5.56 Å². The summed E-state index contributed by atoms with van der Waals surface area (Å²) in [6.07, 6.45) is 0. The normalized spacial score (nSPS) is 11.1. The lowest BCUT2D eigenvalue weighted by Gasteiger charge is -2.08. The molecule has 7 heteroatoms. The fourth-order valence-corrected chi connectivity index (χ4v) is 2.32. The van der Waals surface area contributed by atoms with Crippen molar-refractivity contribution in [3.63, 3.8) is 0 Å². The van der Waals surface area contributed by atoms with Crippen LogP contribution in [-0.4, -0.2) is 25.2 Å². The molecule has 0 aromatic heterocycles. The van der Waals surface area contributed by atoms with Gasteiger partial charge in [0.25, 0.3) is 0 Å². The molecule has 0 saturated heterocycles. The molecule has 0 atom stereocenters. The number of hydrogen-bond donors (Lipinski definition) is 2. The minimum Gasteiger partial charge on any atom is -0.480 e. The molecule has 88 valence electrons. The number of sulfonamides is 1. The summed E-state index contributed by atoms with van der Waals surface area (Å²) in [5.41, 5.74) is 1.06. The van der Waals surface area contributed by atoms with Gasteiger partial charge in [-0.25, -0.2) is 8.42 Å². The average Bonchev–Trinajstić information content (AvgIpc) is 2.07. The fourth-order valence-electron chi connectivity index (χ4n) is 1.07. The van der Waals surface area contributed by atoms with Crippen LogP contribution >= 0.6 is 11.6 Å². The van der Waals surface area contributed by atoms with Crippen molar-refractivity contribution in [2.75, 3.05) is 10.5 Å². The van der Waals surface area contributed by atoms with Crippen molar-refractivity contribution < 1.29 is 18.3 Å². The Kier molecular flexibility index (Phi) is 3.77.